The molecule has 0 aliphatic carbocycles. The first-order chi connectivity index (χ1) is 9.28. The van der Waals surface area contributed by atoms with Gasteiger partial charge in [-0.2, -0.15) is 0 Å². The number of benzene rings is 1. The Morgan fingerprint density at radius 2 is 2.26 bits per heavy atom. The van der Waals surface area contributed by atoms with Gasteiger partial charge < -0.3 is 15.0 Å². The zero-order valence-corrected chi connectivity index (χ0v) is 10.8. The van der Waals surface area contributed by atoms with Gasteiger partial charge in [-0.15, -0.1) is 0 Å². The first kappa shape index (κ1) is 12.2. The van der Waals surface area contributed by atoms with E-state index in [9.17, 15) is 4.79 Å². The summed E-state index contributed by atoms with van der Waals surface area (Å²) in [5, 5.41) is 10.3. The van der Waals surface area contributed by atoms with Gasteiger partial charge in [0.1, 0.15) is 0 Å². The average Bonchev–Trinajstić information content (AvgIpc) is 3.02. The SMILES string of the molecule is O=C1CC(CO)CN1CCc1cccc2cc[nH]c12. The van der Waals surface area contributed by atoms with Gasteiger partial charge in [-0.05, 0) is 23.4 Å². The van der Waals surface area contributed by atoms with Crippen LogP contribution in [0.1, 0.15) is 12.0 Å². The molecule has 0 saturated carbocycles. The van der Waals surface area contributed by atoms with Gasteiger partial charge in [0.2, 0.25) is 5.91 Å². The predicted molar refractivity (Wildman–Crippen MR) is 73.8 cm³/mol. The van der Waals surface area contributed by atoms with Crippen molar-refractivity contribution in [2.45, 2.75) is 12.8 Å². The van der Waals surface area contributed by atoms with Crippen molar-refractivity contribution in [2.24, 2.45) is 5.92 Å². The average molecular weight is 258 g/mol. The van der Waals surface area contributed by atoms with E-state index in [1.807, 2.05) is 17.2 Å². The second-order valence-corrected chi connectivity index (χ2v) is 5.20. The number of carbonyl (C=O) groups is 1. The van der Waals surface area contributed by atoms with Crippen molar-refractivity contribution in [3.8, 4) is 0 Å². The predicted octanol–water partition coefficient (Wildman–Crippen LogP) is 1.55. The summed E-state index contributed by atoms with van der Waals surface area (Å²) >= 11 is 0. The minimum atomic E-state index is 0.106. The van der Waals surface area contributed by atoms with E-state index in [0.717, 1.165) is 18.5 Å². The molecule has 1 aliphatic rings. The molecule has 4 nitrogen and oxygen atoms in total. The summed E-state index contributed by atoms with van der Waals surface area (Å²) in [6.45, 7) is 1.53. The maximum atomic E-state index is 11.8. The molecule has 1 aliphatic heterocycles. The molecule has 4 heteroatoms. The molecule has 1 aromatic heterocycles. The zero-order chi connectivity index (χ0) is 13.2. The lowest BCUT2D eigenvalue weighted by Crippen LogP contribution is -2.27. The maximum Gasteiger partial charge on any atom is 0.223 e. The number of aromatic amines is 1. The number of H-pyrrole nitrogens is 1. The van der Waals surface area contributed by atoms with Crippen LogP contribution in [-0.4, -0.2) is 40.6 Å². The molecular formula is C15H18N2O2. The number of hydrogen-bond donors (Lipinski definition) is 2. The lowest BCUT2D eigenvalue weighted by atomic mass is 10.1. The topological polar surface area (TPSA) is 56.3 Å². The Bertz CT molecular complexity index is 591. The summed E-state index contributed by atoms with van der Waals surface area (Å²) in [6, 6.07) is 8.29. The quantitative estimate of drug-likeness (QED) is 0.874. The van der Waals surface area contributed by atoms with E-state index in [4.69, 9.17) is 5.11 Å². The molecule has 0 spiro atoms. The van der Waals surface area contributed by atoms with Gasteiger partial charge in [-0.1, -0.05) is 18.2 Å². The Kier molecular flexibility index (Phi) is 3.25. The molecule has 1 saturated heterocycles. The van der Waals surface area contributed by atoms with Gasteiger partial charge in [0.15, 0.2) is 0 Å². The van der Waals surface area contributed by atoms with Crippen LogP contribution in [0.15, 0.2) is 30.5 Å². The Balaban J connectivity index is 1.69. The molecule has 1 fully saturated rings. The number of hydrogen-bond acceptors (Lipinski definition) is 2. The fraction of sp³-hybridized carbons (Fsp3) is 0.400. The third-order valence-electron chi connectivity index (χ3n) is 3.88. The van der Waals surface area contributed by atoms with Crippen LogP contribution < -0.4 is 0 Å². The van der Waals surface area contributed by atoms with E-state index in [2.05, 4.69) is 23.2 Å². The summed E-state index contributed by atoms with van der Waals surface area (Å²) in [6.07, 6.45) is 3.28. The third-order valence-corrected chi connectivity index (χ3v) is 3.88. The number of aromatic nitrogens is 1. The lowest BCUT2D eigenvalue weighted by molar-refractivity contribution is -0.127. The highest BCUT2D eigenvalue weighted by Crippen LogP contribution is 2.20. The molecule has 100 valence electrons. The number of para-hydroxylation sites is 1. The van der Waals surface area contributed by atoms with Crippen molar-refractivity contribution in [2.75, 3.05) is 19.7 Å². The number of nitrogens with zero attached hydrogens (tertiary/aromatic N) is 1. The first-order valence-electron chi connectivity index (χ1n) is 6.71. The van der Waals surface area contributed by atoms with Crippen molar-refractivity contribution in [1.29, 1.82) is 0 Å². The number of amides is 1. The van der Waals surface area contributed by atoms with Gasteiger partial charge >= 0.3 is 0 Å². The Morgan fingerprint density at radius 3 is 3.05 bits per heavy atom. The number of aliphatic hydroxyl groups is 1. The van der Waals surface area contributed by atoms with Crippen LogP contribution in [-0.2, 0) is 11.2 Å². The largest absolute Gasteiger partial charge is 0.396 e. The summed E-state index contributed by atoms with van der Waals surface area (Å²) in [5.74, 6) is 0.284. The van der Waals surface area contributed by atoms with E-state index in [0.29, 0.717) is 13.0 Å². The molecular weight excluding hydrogens is 240 g/mol. The third kappa shape index (κ3) is 2.36. The van der Waals surface area contributed by atoms with Crippen LogP contribution in [0.2, 0.25) is 0 Å². The number of nitrogens with one attached hydrogen (secondary N) is 1. The van der Waals surface area contributed by atoms with E-state index < -0.39 is 0 Å². The Hall–Kier alpha value is -1.81. The monoisotopic (exact) mass is 258 g/mol. The summed E-state index contributed by atoms with van der Waals surface area (Å²) in [7, 11) is 0. The van der Waals surface area contributed by atoms with Crippen molar-refractivity contribution in [3.63, 3.8) is 0 Å². The van der Waals surface area contributed by atoms with Crippen molar-refractivity contribution < 1.29 is 9.90 Å². The highest BCUT2D eigenvalue weighted by molar-refractivity contribution is 5.82. The smallest absolute Gasteiger partial charge is 0.223 e. The molecule has 2 heterocycles. The molecule has 0 bridgehead atoms. The molecule has 0 radical (unpaired) electrons. The maximum absolute atomic E-state index is 11.8. The van der Waals surface area contributed by atoms with Gasteiger partial charge in [-0.25, -0.2) is 0 Å². The zero-order valence-electron chi connectivity index (χ0n) is 10.8. The fourth-order valence-corrected chi connectivity index (χ4v) is 2.81. The van der Waals surface area contributed by atoms with E-state index in [1.54, 1.807) is 0 Å². The van der Waals surface area contributed by atoms with Crippen molar-refractivity contribution >= 4 is 16.8 Å². The van der Waals surface area contributed by atoms with Crippen molar-refractivity contribution in [1.82, 2.24) is 9.88 Å². The second kappa shape index (κ2) is 5.05. The van der Waals surface area contributed by atoms with Gasteiger partial charge in [0.05, 0.1) is 0 Å². The number of rotatable bonds is 4. The molecule has 1 aromatic carbocycles. The Labute approximate surface area is 112 Å². The lowest BCUT2D eigenvalue weighted by Gasteiger charge is -2.16. The molecule has 1 atom stereocenters. The van der Waals surface area contributed by atoms with E-state index in [1.165, 1.54) is 10.9 Å². The number of fused-ring (bicyclic) bond motifs is 1. The van der Waals surface area contributed by atoms with Gasteiger partial charge in [0.25, 0.3) is 0 Å². The summed E-state index contributed by atoms with van der Waals surface area (Å²) in [4.78, 5) is 16.9. The van der Waals surface area contributed by atoms with Crippen LogP contribution in [0, 0.1) is 5.92 Å². The molecule has 2 aromatic rings. The minimum absolute atomic E-state index is 0.106. The number of aliphatic hydroxyl groups excluding tert-OH is 1. The number of likely N-dealkylation sites (tertiary alicyclic amines) is 1. The molecule has 19 heavy (non-hydrogen) atoms. The van der Waals surface area contributed by atoms with Crippen LogP contribution in [0.3, 0.4) is 0 Å². The van der Waals surface area contributed by atoms with Gasteiger partial charge in [-0.3, -0.25) is 4.79 Å². The van der Waals surface area contributed by atoms with E-state index in [-0.39, 0.29) is 18.4 Å². The molecule has 1 amide bonds. The highest BCUT2D eigenvalue weighted by Gasteiger charge is 2.28. The molecule has 1 unspecified atom stereocenters. The standard InChI is InChI=1S/C15H18N2O2/c18-10-11-8-14(19)17(9-11)7-5-13-3-1-2-12-4-6-16-15(12)13/h1-4,6,11,16,18H,5,7-10H2. The second-order valence-electron chi connectivity index (χ2n) is 5.20. The van der Waals surface area contributed by atoms with Crippen LogP contribution >= 0.6 is 0 Å². The van der Waals surface area contributed by atoms with E-state index >= 15 is 0 Å². The first-order valence-corrected chi connectivity index (χ1v) is 6.71. The fourth-order valence-electron chi connectivity index (χ4n) is 2.81. The summed E-state index contributed by atoms with van der Waals surface area (Å²) in [5.41, 5.74) is 2.40. The summed E-state index contributed by atoms with van der Waals surface area (Å²) < 4.78 is 0. The highest BCUT2D eigenvalue weighted by atomic mass is 16.3. The van der Waals surface area contributed by atoms with Crippen LogP contribution in [0.4, 0.5) is 0 Å². The minimum Gasteiger partial charge on any atom is -0.396 e. The normalized spacial score (nSPS) is 19.5. The van der Waals surface area contributed by atoms with Crippen LogP contribution in [0.5, 0.6) is 0 Å². The van der Waals surface area contributed by atoms with Gasteiger partial charge in [0, 0.05) is 43.7 Å². The molecule has 3 rings (SSSR count). The molecule has 2 N–H and O–H groups in total. The van der Waals surface area contributed by atoms with Crippen molar-refractivity contribution in [3.05, 3.63) is 36.0 Å². The van der Waals surface area contributed by atoms with Crippen LogP contribution in [0.25, 0.3) is 10.9 Å². The number of carbonyl (C=O) groups excluding carboxylic acids is 1. The Morgan fingerprint density at radius 1 is 1.37 bits per heavy atom.